The van der Waals surface area contributed by atoms with Crippen LogP contribution in [0, 0.1) is 5.41 Å². The average Bonchev–Trinajstić information content (AvgIpc) is 2.83. The summed E-state index contributed by atoms with van der Waals surface area (Å²) in [7, 11) is 1.61. The summed E-state index contributed by atoms with van der Waals surface area (Å²) in [4.78, 5) is 15.5. The number of rotatable bonds is 2. The standard InChI is InChI=1S/C14H18F3N3O/c1-20-8-9(14(15,16)17)19-11(20)13-5-2-12(3-6-13,4-7-13)10(18)21/h8H,2-7H2,1H3,(H2,18,21). The van der Waals surface area contributed by atoms with Gasteiger partial charge in [0.25, 0.3) is 0 Å². The second-order valence-electron chi connectivity index (χ2n) is 6.48. The van der Waals surface area contributed by atoms with E-state index in [2.05, 4.69) is 4.98 Å². The molecule has 21 heavy (non-hydrogen) atoms. The van der Waals surface area contributed by atoms with Gasteiger partial charge in [-0.2, -0.15) is 13.2 Å². The van der Waals surface area contributed by atoms with Gasteiger partial charge < -0.3 is 10.3 Å². The van der Waals surface area contributed by atoms with Crippen LogP contribution in [0.15, 0.2) is 6.20 Å². The summed E-state index contributed by atoms with van der Waals surface area (Å²) in [6.45, 7) is 0. The molecule has 1 amide bonds. The van der Waals surface area contributed by atoms with Crippen LogP contribution in [0.25, 0.3) is 0 Å². The minimum atomic E-state index is -4.42. The molecular weight excluding hydrogens is 283 g/mol. The summed E-state index contributed by atoms with van der Waals surface area (Å²) in [5.74, 6) is 0.221. The smallest absolute Gasteiger partial charge is 0.369 e. The van der Waals surface area contributed by atoms with Crippen LogP contribution in [0.1, 0.15) is 50.0 Å². The number of imidazole rings is 1. The minimum Gasteiger partial charge on any atom is -0.369 e. The Balaban J connectivity index is 1.93. The SMILES string of the molecule is Cn1cc(C(F)(F)F)nc1C12CCC(C(N)=O)(CC1)CC2. The molecule has 1 aromatic heterocycles. The summed E-state index contributed by atoms with van der Waals surface area (Å²) >= 11 is 0. The van der Waals surface area contributed by atoms with Crippen LogP contribution in [-0.4, -0.2) is 15.5 Å². The van der Waals surface area contributed by atoms with Gasteiger partial charge in [-0.1, -0.05) is 0 Å². The van der Waals surface area contributed by atoms with Crippen LogP contribution in [0.4, 0.5) is 13.2 Å². The van der Waals surface area contributed by atoms with Gasteiger partial charge in [0, 0.05) is 24.1 Å². The highest BCUT2D eigenvalue weighted by molar-refractivity contribution is 5.81. The van der Waals surface area contributed by atoms with E-state index in [1.807, 2.05) is 0 Å². The van der Waals surface area contributed by atoms with Crippen molar-refractivity contribution in [3.8, 4) is 0 Å². The molecule has 2 bridgehead atoms. The van der Waals surface area contributed by atoms with Crippen molar-refractivity contribution in [2.24, 2.45) is 18.2 Å². The Morgan fingerprint density at radius 3 is 2.14 bits per heavy atom. The minimum absolute atomic E-state index is 0.272. The summed E-state index contributed by atoms with van der Waals surface area (Å²) in [6.07, 6.45) is 0.611. The maximum atomic E-state index is 12.8. The normalized spacial score (nSPS) is 32.4. The quantitative estimate of drug-likeness (QED) is 0.912. The Morgan fingerprint density at radius 1 is 1.24 bits per heavy atom. The fourth-order valence-corrected chi connectivity index (χ4v) is 3.99. The molecule has 0 aliphatic heterocycles. The van der Waals surface area contributed by atoms with Gasteiger partial charge in [-0.05, 0) is 38.5 Å². The molecule has 3 saturated carbocycles. The first-order valence-corrected chi connectivity index (χ1v) is 7.10. The fourth-order valence-electron chi connectivity index (χ4n) is 3.99. The lowest BCUT2D eigenvalue weighted by atomic mass is 9.53. The number of nitrogens with two attached hydrogens (primary N) is 1. The predicted octanol–water partition coefficient (Wildman–Crippen LogP) is 2.52. The second-order valence-corrected chi connectivity index (χ2v) is 6.48. The molecule has 0 atom stereocenters. The fraction of sp³-hybridized carbons (Fsp3) is 0.714. The topological polar surface area (TPSA) is 60.9 Å². The monoisotopic (exact) mass is 301 g/mol. The van der Waals surface area contributed by atoms with Crippen molar-refractivity contribution in [1.29, 1.82) is 0 Å². The van der Waals surface area contributed by atoms with Crippen molar-refractivity contribution in [3.63, 3.8) is 0 Å². The second kappa shape index (κ2) is 4.24. The van der Waals surface area contributed by atoms with E-state index in [9.17, 15) is 18.0 Å². The van der Waals surface area contributed by atoms with Gasteiger partial charge in [-0.15, -0.1) is 0 Å². The largest absolute Gasteiger partial charge is 0.434 e. The number of fused-ring (bicyclic) bond motifs is 3. The number of hydrogen-bond acceptors (Lipinski definition) is 2. The summed E-state index contributed by atoms with van der Waals surface area (Å²) in [6, 6.07) is 0. The number of amides is 1. The van der Waals surface area contributed by atoms with Gasteiger partial charge in [0.05, 0.1) is 0 Å². The third kappa shape index (κ3) is 2.05. The van der Waals surface area contributed by atoms with Crippen molar-refractivity contribution < 1.29 is 18.0 Å². The van der Waals surface area contributed by atoms with Gasteiger partial charge in [-0.25, -0.2) is 4.98 Å². The summed E-state index contributed by atoms with van der Waals surface area (Å²) in [5.41, 5.74) is 3.88. The Labute approximate surface area is 120 Å². The van der Waals surface area contributed by atoms with Crippen LogP contribution in [0.5, 0.6) is 0 Å². The van der Waals surface area contributed by atoms with Crippen molar-refractivity contribution in [2.45, 2.75) is 50.1 Å². The number of aromatic nitrogens is 2. The average molecular weight is 301 g/mol. The molecule has 116 valence electrons. The summed E-state index contributed by atoms with van der Waals surface area (Å²) in [5, 5.41) is 0. The number of carbonyl (C=O) groups is 1. The number of alkyl halides is 3. The van der Waals surface area contributed by atoms with Crippen molar-refractivity contribution in [1.82, 2.24) is 9.55 Å². The van der Waals surface area contributed by atoms with E-state index >= 15 is 0 Å². The Kier molecular flexibility index (Phi) is 2.91. The zero-order chi connectivity index (χ0) is 15.5. The van der Waals surface area contributed by atoms with Gasteiger partial charge in [0.15, 0.2) is 5.69 Å². The molecule has 0 unspecified atom stereocenters. The Hall–Kier alpha value is -1.53. The Bertz CT molecular complexity index is 566. The first-order valence-electron chi connectivity index (χ1n) is 7.10. The molecule has 0 aromatic carbocycles. The molecule has 3 aliphatic rings. The number of halogens is 3. The number of carbonyl (C=O) groups excluding carboxylic acids is 1. The van der Waals surface area contributed by atoms with E-state index < -0.39 is 17.3 Å². The molecule has 4 rings (SSSR count). The highest BCUT2D eigenvalue weighted by Gasteiger charge is 2.54. The van der Waals surface area contributed by atoms with Crippen LogP contribution in [0.2, 0.25) is 0 Å². The van der Waals surface area contributed by atoms with E-state index in [1.54, 1.807) is 7.05 Å². The third-order valence-electron chi connectivity index (χ3n) is 5.41. The van der Waals surface area contributed by atoms with Gasteiger partial charge in [0.2, 0.25) is 5.91 Å². The summed E-state index contributed by atoms with van der Waals surface area (Å²) < 4.78 is 39.9. The molecule has 0 spiro atoms. The Morgan fingerprint density at radius 2 is 1.76 bits per heavy atom. The maximum absolute atomic E-state index is 12.8. The molecular formula is C14H18F3N3O. The van der Waals surface area contributed by atoms with E-state index in [0.29, 0.717) is 44.3 Å². The molecule has 4 nitrogen and oxygen atoms in total. The van der Waals surface area contributed by atoms with Crippen LogP contribution in [0.3, 0.4) is 0 Å². The van der Waals surface area contributed by atoms with Crippen molar-refractivity contribution >= 4 is 5.91 Å². The lowest BCUT2D eigenvalue weighted by Crippen LogP contribution is -2.51. The molecule has 2 N–H and O–H groups in total. The van der Waals surface area contributed by atoms with Gasteiger partial charge in [-0.3, -0.25) is 4.79 Å². The highest BCUT2D eigenvalue weighted by Crippen LogP contribution is 2.57. The number of nitrogens with zero attached hydrogens (tertiary/aromatic N) is 2. The molecule has 0 saturated heterocycles. The zero-order valence-electron chi connectivity index (χ0n) is 11.8. The highest BCUT2D eigenvalue weighted by atomic mass is 19.4. The van der Waals surface area contributed by atoms with Crippen molar-refractivity contribution in [3.05, 3.63) is 17.7 Å². The predicted molar refractivity (Wildman–Crippen MR) is 69.2 cm³/mol. The van der Waals surface area contributed by atoms with Crippen molar-refractivity contribution in [2.75, 3.05) is 0 Å². The number of primary amides is 1. The molecule has 0 radical (unpaired) electrons. The zero-order valence-corrected chi connectivity index (χ0v) is 11.8. The molecule has 3 fully saturated rings. The van der Waals surface area contributed by atoms with Crippen LogP contribution in [-0.2, 0) is 23.4 Å². The molecule has 1 aromatic rings. The lowest BCUT2D eigenvalue weighted by molar-refractivity contribution is -0.141. The number of aryl methyl sites for hydroxylation is 1. The molecule has 1 heterocycles. The molecule has 3 aliphatic carbocycles. The van der Waals surface area contributed by atoms with Gasteiger partial charge in [0.1, 0.15) is 5.82 Å². The third-order valence-corrected chi connectivity index (χ3v) is 5.41. The van der Waals surface area contributed by atoms with Crippen LogP contribution >= 0.6 is 0 Å². The van der Waals surface area contributed by atoms with E-state index in [4.69, 9.17) is 5.73 Å². The lowest BCUT2D eigenvalue weighted by Gasteiger charge is -2.51. The van der Waals surface area contributed by atoms with E-state index in [-0.39, 0.29) is 11.3 Å². The maximum Gasteiger partial charge on any atom is 0.434 e. The molecule has 7 heteroatoms. The van der Waals surface area contributed by atoms with Gasteiger partial charge >= 0.3 is 6.18 Å². The van der Waals surface area contributed by atoms with E-state index in [1.165, 1.54) is 4.57 Å². The number of hydrogen-bond donors (Lipinski definition) is 1. The first-order chi connectivity index (χ1) is 9.69. The van der Waals surface area contributed by atoms with Crippen LogP contribution < -0.4 is 5.73 Å². The first kappa shape index (κ1) is 14.4. The van der Waals surface area contributed by atoms with E-state index in [0.717, 1.165) is 6.20 Å².